The van der Waals surface area contributed by atoms with E-state index in [0.717, 1.165) is 13.0 Å². The molecule has 6 nitrogen and oxygen atoms in total. The minimum absolute atomic E-state index is 0.0240. The Morgan fingerprint density at radius 1 is 1.48 bits per heavy atom. The Hall–Kier alpha value is -1.95. The molecule has 1 aliphatic heterocycles. The number of nitrogens with one attached hydrogen (secondary N) is 2. The molecule has 6 heteroatoms. The van der Waals surface area contributed by atoms with E-state index in [4.69, 9.17) is 0 Å². The lowest BCUT2D eigenvalue weighted by molar-refractivity contribution is -0.385. The molecule has 1 aliphatic rings. The van der Waals surface area contributed by atoms with Crippen molar-refractivity contribution in [2.45, 2.75) is 27.2 Å². The van der Waals surface area contributed by atoms with Gasteiger partial charge in [0.05, 0.1) is 10.3 Å². The predicted octanol–water partition coefficient (Wildman–Crippen LogP) is 2.48. The average molecular weight is 291 g/mol. The fourth-order valence-electron chi connectivity index (χ4n) is 2.80. The number of carbonyl (C=O) groups is 1. The predicted molar refractivity (Wildman–Crippen MR) is 81.2 cm³/mol. The molecule has 1 aromatic carbocycles. The SMILES string of the molecule is Cc1ccc(NC(=O)C2(C(C)C)CCNC2)cc1[N+](=O)[O-]. The summed E-state index contributed by atoms with van der Waals surface area (Å²) in [5, 5.41) is 17.0. The molecule has 1 fully saturated rings. The van der Waals surface area contributed by atoms with Gasteiger partial charge in [-0.15, -0.1) is 0 Å². The molecule has 114 valence electrons. The molecule has 0 saturated carbocycles. The van der Waals surface area contributed by atoms with Crippen LogP contribution in [0.1, 0.15) is 25.8 Å². The zero-order chi connectivity index (χ0) is 15.6. The highest BCUT2D eigenvalue weighted by molar-refractivity contribution is 5.96. The van der Waals surface area contributed by atoms with Gasteiger partial charge in [-0.1, -0.05) is 19.9 Å². The van der Waals surface area contributed by atoms with Crippen molar-refractivity contribution in [3.8, 4) is 0 Å². The van der Waals surface area contributed by atoms with E-state index in [0.29, 0.717) is 17.8 Å². The number of amides is 1. The van der Waals surface area contributed by atoms with E-state index in [9.17, 15) is 14.9 Å². The maximum atomic E-state index is 12.6. The summed E-state index contributed by atoms with van der Waals surface area (Å²) in [6.07, 6.45) is 0.782. The number of hydrogen-bond acceptors (Lipinski definition) is 4. The second-order valence-corrected chi connectivity index (χ2v) is 5.95. The van der Waals surface area contributed by atoms with Gasteiger partial charge in [-0.2, -0.15) is 0 Å². The van der Waals surface area contributed by atoms with Crippen molar-refractivity contribution in [1.29, 1.82) is 0 Å². The first-order valence-corrected chi connectivity index (χ1v) is 7.14. The largest absolute Gasteiger partial charge is 0.325 e. The van der Waals surface area contributed by atoms with Gasteiger partial charge in [-0.3, -0.25) is 14.9 Å². The van der Waals surface area contributed by atoms with E-state index in [-0.39, 0.29) is 17.5 Å². The van der Waals surface area contributed by atoms with Gasteiger partial charge in [0.2, 0.25) is 5.91 Å². The van der Waals surface area contributed by atoms with Gasteiger partial charge in [0.25, 0.3) is 5.69 Å². The van der Waals surface area contributed by atoms with Crippen molar-refractivity contribution in [2.75, 3.05) is 18.4 Å². The molecule has 0 bridgehead atoms. The molecule has 2 N–H and O–H groups in total. The van der Waals surface area contributed by atoms with Crippen LogP contribution in [0.2, 0.25) is 0 Å². The van der Waals surface area contributed by atoms with Crippen molar-refractivity contribution < 1.29 is 9.72 Å². The summed E-state index contributed by atoms with van der Waals surface area (Å²) in [7, 11) is 0. The second-order valence-electron chi connectivity index (χ2n) is 5.95. The summed E-state index contributed by atoms with van der Waals surface area (Å²) in [4.78, 5) is 23.2. The first kappa shape index (κ1) is 15.4. The number of nitro groups is 1. The van der Waals surface area contributed by atoms with Crippen molar-refractivity contribution in [1.82, 2.24) is 5.32 Å². The summed E-state index contributed by atoms with van der Waals surface area (Å²) in [6.45, 7) is 7.21. The Balaban J connectivity index is 2.23. The van der Waals surface area contributed by atoms with Crippen molar-refractivity contribution >= 4 is 17.3 Å². The Bertz CT molecular complexity index is 563. The molecule has 1 aromatic rings. The van der Waals surface area contributed by atoms with Crippen molar-refractivity contribution in [3.05, 3.63) is 33.9 Å². The number of carbonyl (C=O) groups excluding carboxylic acids is 1. The topological polar surface area (TPSA) is 84.3 Å². The van der Waals surface area contributed by atoms with Crippen LogP contribution < -0.4 is 10.6 Å². The molecule has 1 amide bonds. The summed E-state index contributed by atoms with van der Waals surface area (Å²) in [5.41, 5.74) is 0.638. The lowest BCUT2D eigenvalue weighted by atomic mass is 9.75. The minimum atomic E-state index is -0.445. The van der Waals surface area contributed by atoms with Crippen molar-refractivity contribution in [3.63, 3.8) is 0 Å². The third-order valence-electron chi connectivity index (χ3n) is 4.41. The van der Waals surface area contributed by atoms with Gasteiger partial charge in [0, 0.05) is 23.9 Å². The standard InChI is InChI=1S/C15H21N3O3/c1-10(2)15(6-7-16-9-15)14(19)17-12-5-4-11(3)13(8-12)18(20)21/h4-5,8,10,16H,6-7,9H2,1-3H3,(H,17,19). The molecule has 0 spiro atoms. The normalized spacial score (nSPS) is 21.5. The van der Waals surface area contributed by atoms with Crippen LogP contribution >= 0.6 is 0 Å². The number of aryl methyl sites for hydroxylation is 1. The van der Waals surface area contributed by atoms with Gasteiger partial charge in [0.1, 0.15) is 0 Å². The Kier molecular flexibility index (Phi) is 4.27. The third kappa shape index (κ3) is 2.90. The van der Waals surface area contributed by atoms with Gasteiger partial charge >= 0.3 is 0 Å². The molecule has 1 atom stereocenters. The summed E-state index contributed by atoms with van der Waals surface area (Å²) >= 11 is 0. The maximum absolute atomic E-state index is 12.6. The zero-order valence-electron chi connectivity index (χ0n) is 12.6. The minimum Gasteiger partial charge on any atom is -0.325 e. The number of hydrogen-bond donors (Lipinski definition) is 2. The van der Waals surface area contributed by atoms with Gasteiger partial charge < -0.3 is 10.6 Å². The second kappa shape index (κ2) is 5.81. The fourth-order valence-corrected chi connectivity index (χ4v) is 2.80. The highest BCUT2D eigenvalue weighted by Crippen LogP contribution is 2.35. The first-order chi connectivity index (χ1) is 9.86. The molecular formula is C15H21N3O3. The molecule has 0 aromatic heterocycles. The lowest BCUT2D eigenvalue weighted by Gasteiger charge is -2.31. The van der Waals surface area contributed by atoms with E-state index in [2.05, 4.69) is 10.6 Å². The molecule has 1 unspecified atom stereocenters. The number of benzene rings is 1. The highest BCUT2D eigenvalue weighted by Gasteiger charge is 2.43. The van der Waals surface area contributed by atoms with Crippen LogP contribution in [0.4, 0.5) is 11.4 Å². The quantitative estimate of drug-likeness (QED) is 0.659. The molecule has 21 heavy (non-hydrogen) atoms. The van der Waals surface area contributed by atoms with Crippen LogP contribution in [0.25, 0.3) is 0 Å². The summed E-state index contributed by atoms with van der Waals surface area (Å²) < 4.78 is 0. The van der Waals surface area contributed by atoms with Crippen LogP contribution in [0.15, 0.2) is 18.2 Å². The van der Waals surface area contributed by atoms with E-state index in [1.165, 1.54) is 6.07 Å². The van der Waals surface area contributed by atoms with E-state index in [1.54, 1.807) is 19.1 Å². The van der Waals surface area contributed by atoms with Crippen LogP contribution in [0.3, 0.4) is 0 Å². The molecule has 0 radical (unpaired) electrons. The molecule has 0 aliphatic carbocycles. The number of anilines is 1. The number of rotatable bonds is 4. The number of nitrogens with zero attached hydrogens (tertiary/aromatic N) is 1. The lowest BCUT2D eigenvalue weighted by Crippen LogP contribution is -2.42. The third-order valence-corrected chi connectivity index (χ3v) is 4.41. The van der Waals surface area contributed by atoms with E-state index in [1.807, 2.05) is 13.8 Å². The van der Waals surface area contributed by atoms with Gasteiger partial charge in [-0.05, 0) is 31.9 Å². The number of nitro benzene ring substituents is 1. The van der Waals surface area contributed by atoms with E-state index >= 15 is 0 Å². The monoisotopic (exact) mass is 291 g/mol. The van der Waals surface area contributed by atoms with Gasteiger partial charge in [0.15, 0.2) is 0 Å². The van der Waals surface area contributed by atoms with E-state index < -0.39 is 10.3 Å². The summed E-state index contributed by atoms with van der Waals surface area (Å²) in [5.74, 6) is 0.133. The van der Waals surface area contributed by atoms with Crippen LogP contribution in [-0.4, -0.2) is 23.9 Å². The first-order valence-electron chi connectivity index (χ1n) is 7.14. The Morgan fingerprint density at radius 3 is 2.71 bits per heavy atom. The van der Waals surface area contributed by atoms with Crippen LogP contribution in [0.5, 0.6) is 0 Å². The van der Waals surface area contributed by atoms with Crippen LogP contribution in [0, 0.1) is 28.4 Å². The molecule has 1 saturated heterocycles. The molecule has 2 rings (SSSR count). The zero-order valence-corrected chi connectivity index (χ0v) is 12.6. The van der Waals surface area contributed by atoms with Gasteiger partial charge in [-0.25, -0.2) is 0 Å². The maximum Gasteiger partial charge on any atom is 0.274 e. The highest BCUT2D eigenvalue weighted by atomic mass is 16.6. The Labute approximate surface area is 124 Å². The summed E-state index contributed by atoms with van der Waals surface area (Å²) in [6, 6.07) is 4.78. The molecule has 1 heterocycles. The molecular weight excluding hydrogens is 270 g/mol. The Morgan fingerprint density at radius 2 is 2.19 bits per heavy atom. The average Bonchev–Trinajstić information content (AvgIpc) is 2.91. The smallest absolute Gasteiger partial charge is 0.274 e. The van der Waals surface area contributed by atoms with Crippen molar-refractivity contribution in [2.24, 2.45) is 11.3 Å². The fraction of sp³-hybridized carbons (Fsp3) is 0.533. The van der Waals surface area contributed by atoms with Crippen LogP contribution in [-0.2, 0) is 4.79 Å².